The zero-order valence-corrected chi connectivity index (χ0v) is 4.24. The minimum Gasteiger partial charge on any atom is -1.00 e. The van der Waals surface area contributed by atoms with E-state index in [2.05, 4.69) is 0 Å². The standard InChI is InChI=1S/B.4FH.H3P/h;4*1H;1H3/q+3;;;;;/p-3. The maximum absolute atomic E-state index is 0. The molecule has 6 heavy (non-hydrogen) atoms. The first kappa shape index (κ1) is 3660. The molecule has 0 aliphatic rings. The van der Waals surface area contributed by atoms with Crippen molar-refractivity contribution in [2.24, 2.45) is 0 Å². The molecule has 0 aromatic rings. The van der Waals surface area contributed by atoms with E-state index in [0.29, 0.717) is 0 Å². The molecule has 0 radical (unpaired) electrons. The summed E-state index contributed by atoms with van der Waals surface area (Å²) in [4.78, 5) is 0. The fourth-order valence-electron chi connectivity index (χ4n) is 0. The van der Waals surface area contributed by atoms with Crippen molar-refractivity contribution in [2.75, 3.05) is 0 Å². The van der Waals surface area contributed by atoms with Crippen LogP contribution in [0.2, 0.25) is 0 Å². The van der Waals surface area contributed by atoms with Gasteiger partial charge in [-0.3, -0.25) is 4.70 Å². The van der Waals surface area contributed by atoms with Crippen LogP contribution in [0.4, 0.5) is 4.70 Å². The Balaban J connectivity index is 0. The molecular weight excluding hydrogens is 118 g/mol. The summed E-state index contributed by atoms with van der Waals surface area (Å²) in [6.07, 6.45) is 0. The molecule has 6 heteroatoms. The number of halogens is 4. The fraction of sp³-hybridized carbons (Fsp3) is 0. The number of rotatable bonds is 0. The van der Waals surface area contributed by atoms with E-state index in [1.165, 1.54) is 0 Å². The third kappa shape index (κ3) is 943. The number of hydrogen-bond donors (Lipinski definition) is 0. The van der Waals surface area contributed by atoms with Gasteiger partial charge in [-0.2, -0.15) is 9.90 Å². The van der Waals surface area contributed by atoms with Crippen LogP contribution in [0.3, 0.4) is 0 Å². The first-order valence-electron chi connectivity index (χ1n) is 0. The van der Waals surface area contributed by atoms with Gasteiger partial charge in [0.2, 0.25) is 0 Å². The van der Waals surface area contributed by atoms with E-state index >= 15 is 0 Å². The van der Waals surface area contributed by atoms with Gasteiger partial charge in [-0.05, 0) is 0 Å². The molecule has 1 unspecified atom stereocenters. The van der Waals surface area contributed by atoms with E-state index in [1.807, 2.05) is 0 Å². The molecule has 0 nitrogen and oxygen atoms in total. The summed E-state index contributed by atoms with van der Waals surface area (Å²) >= 11 is 0. The minimum absolute atomic E-state index is 0. The average Bonchev–Trinajstić information content (AvgIpc) is 0. The molecule has 0 heterocycles. The Kier molecular flexibility index (Phi) is 1220000. The van der Waals surface area contributed by atoms with Crippen LogP contribution < -0.4 is 14.1 Å². The first-order chi connectivity index (χ1) is 0. The minimum atomic E-state index is 0. The smallest absolute Gasteiger partial charge is 1.00 e. The average molecular weight is 122 g/mol. The first-order valence-corrected chi connectivity index (χ1v) is 0. The summed E-state index contributed by atoms with van der Waals surface area (Å²) in [7, 11) is 0. The zero-order valence-electron chi connectivity index (χ0n) is 2.83. The second kappa shape index (κ2) is 2010. The summed E-state index contributed by atoms with van der Waals surface area (Å²) in [5, 5.41) is 0. The van der Waals surface area contributed by atoms with Gasteiger partial charge in [0, 0.05) is 0 Å². The van der Waals surface area contributed by atoms with Gasteiger partial charge < -0.3 is 14.1 Å². The van der Waals surface area contributed by atoms with Gasteiger partial charge in [0.25, 0.3) is 0 Å². The van der Waals surface area contributed by atoms with Crippen LogP contribution in [0.15, 0.2) is 0 Å². The molecule has 0 aliphatic heterocycles. The summed E-state index contributed by atoms with van der Waals surface area (Å²) in [6, 6.07) is 0. The van der Waals surface area contributed by atoms with Crippen molar-refractivity contribution in [3.05, 3.63) is 0 Å². The van der Waals surface area contributed by atoms with Crippen molar-refractivity contribution in [3.63, 3.8) is 0 Å². The quantitative estimate of drug-likeness (QED) is 0.170. The molecule has 0 fully saturated rings. The molecular formula is H4BF4P. The van der Waals surface area contributed by atoms with E-state index in [0.717, 1.165) is 0 Å². The predicted octanol–water partition coefficient (Wildman–Crippen LogP) is -9.16. The maximum atomic E-state index is 0. The Labute approximate surface area is 38.4 Å². The molecule has 0 spiro atoms. The molecule has 40 valence electrons. The maximum Gasteiger partial charge on any atom is 3.00 e. The van der Waals surface area contributed by atoms with Crippen molar-refractivity contribution in [1.82, 2.24) is 0 Å². The van der Waals surface area contributed by atoms with Crippen molar-refractivity contribution in [3.8, 4) is 0 Å². The molecule has 0 rings (SSSR count). The van der Waals surface area contributed by atoms with Crippen LogP contribution in [0, 0.1) is 0 Å². The molecule has 0 aromatic heterocycles. The molecule has 0 saturated carbocycles. The van der Waals surface area contributed by atoms with Crippen molar-refractivity contribution < 1.29 is 18.8 Å². The van der Waals surface area contributed by atoms with Gasteiger partial charge in [0.1, 0.15) is 0 Å². The Morgan fingerprint density at radius 1 is 0.667 bits per heavy atom. The third-order valence-corrected chi connectivity index (χ3v) is 0. The Hall–Kier alpha value is 0.215. The Morgan fingerprint density at radius 2 is 0.667 bits per heavy atom. The molecule has 0 bridgehead atoms. The van der Waals surface area contributed by atoms with Crippen molar-refractivity contribution in [1.29, 1.82) is 0 Å². The van der Waals surface area contributed by atoms with E-state index in [4.69, 9.17) is 0 Å². The van der Waals surface area contributed by atoms with Crippen molar-refractivity contribution in [2.45, 2.75) is 0 Å². The van der Waals surface area contributed by atoms with Crippen LogP contribution in [0.1, 0.15) is 0 Å². The van der Waals surface area contributed by atoms with Gasteiger partial charge in [0.05, 0.1) is 0 Å². The Morgan fingerprint density at radius 3 is 0.667 bits per heavy atom. The van der Waals surface area contributed by atoms with Gasteiger partial charge in [-0.15, -0.1) is 0 Å². The second-order valence-electron chi connectivity index (χ2n) is 0. The third-order valence-electron chi connectivity index (χ3n) is 0. The van der Waals surface area contributed by atoms with E-state index in [1.54, 1.807) is 0 Å². The van der Waals surface area contributed by atoms with Crippen LogP contribution in [-0.2, 0) is 0 Å². The second-order valence-corrected chi connectivity index (χ2v) is 0. The Bertz CT molecular complexity index is 7.51. The molecule has 0 N–H and O–H groups in total. The largest absolute Gasteiger partial charge is 3.00 e. The molecule has 0 saturated heterocycles. The molecule has 0 aliphatic carbocycles. The number of hydrogen-bond acceptors (Lipinski definition) is 0. The predicted molar refractivity (Wildman–Crippen MR) is 19.4 cm³/mol. The van der Waals surface area contributed by atoms with Gasteiger partial charge >= 0.3 is 8.41 Å². The van der Waals surface area contributed by atoms with E-state index in [-0.39, 0.29) is 37.1 Å². The van der Waals surface area contributed by atoms with Gasteiger partial charge in [-0.1, -0.05) is 0 Å². The molecule has 0 aromatic carbocycles. The fourth-order valence-corrected chi connectivity index (χ4v) is 0. The monoisotopic (exact) mass is 122 g/mol. The van der Waals surface area contributed by atoms with Crippen LogP contribution >= 0.6 is 9.90 Å². The molecule has 0 amide bonds. The van der Waals surface area contributed by atoms with E-state index in [9.17, 15) is 0 Å². The normalized spacial score (nSPS) is 0. The van der Waals surface area contributed by atoms with Gasteiger partial charge in [-0.25, -0.2) is 0 Å². The topological polar surface area (TPSA) is 0 Å². The van der Waals surface area contributed by atoms with Crippen LogP contribution in [0.25, 0.3) is 0 Å². The SMILES string of the molecule is F.P.[B+3].[F-].[F-].[F-]. The van der Waals surface area contributed by atoms with Crippen LogP contribution in [0.5, 0.6) is 0 Å². The molecule has 1 atom stereocenters. The van der Waals surface area contributed by atoms with Gasteiger partial charge in [0.15, 0.2) is 0 Å². The zero-order chi connectivity index (χ0) is 0. The summed E-state index contributed by atoms with van der Waals surface area (Å²) < 4.78 is 0. The summed E-state index contributed by atoms with van der Waals surface area (Å²) in [5.74, 6) is 0. The van der Waals surface area contributed by atoms with E-state index < -0.39 is 0 Å². The summed E-state index contributed by atoms with van der Waals surface area (Å²) in [6.45, 7) is 0. The summed E-state index contributed by atoms with van der Waals surface area (Å²) in [5.41, 5.74) is 0. The van der Waals surface area contributed by atoms with Crippen LogP contribution in [-0.4, -0.2) is 8.41 Å². The van der Waals surface area contributed by atoms with Crippen molar-refractivity contribution >= 4 is 18.3 Å².